The highest BCUT2D eigenvalue weighted by Crippen LogP contribution is 2.47. The Bertz CT molecular complexity index is 853. The molecule has 0 radical (unpaired) electrons. The third kappa shape index (κ3) is 5.22. The Balaban J connectivity index is 1.38. The van der Waals surface area contributed by atoms with Crippen LogP contribution < -0.4 is 5.32 Å². The van der Waals surface area contributed by atoms with Crippen LogP contribution in [0.5, 0.6) is 0 Å². The highest BCUT2D eigenvalue weighted by Gasteiger charge is 2.36. The number of nitrogens with one attached hydrogen (secondary N) is 1. The fourth-order valence-corrected chi connectivity index (χ4v) is 7.01. The maximum atomic E-state index is 12.4. The molecule has 2 aliphatic carbocycles. The van der Waals surface area contributed by atoms with E-state index < -0.39 is 5.60 Å². The van der Waals surface area contributed by atoms with Crippen LogP contribution in [0.3, 0.4) is 0 Å². The molecule has 0 spiro atoms. The molecule has 1 fully saturated rings. The molecule has 1 unspecified atom stereocenters. The number of fused-ring (bicyclic) bond motifs is 3. The van der Waals surface area contributed by atoms with E-state index in [-0.39, 0.29) is 18.2 Å². The zero-order valence-corrected chi connectivity index (χ0v) is 21.7. The van der Waals surface area contributed by atoms with Crippen molar-refractivity contribution in [2.24, 2.45) is 4.99 Å². The number of hydrogen-bond donors (Lipinski definition) is 1. The molecule has 32 heavy (non-hydrogen) atoms. The van der Waals surface area contributed by atoms with Crippen molar-refractivity contribution in [2.75, 3.05) is 30.5 Å². The normalized spacial score (nSPS) is 24.8. The Morgan fingerprint density at radius 3 is 2.69 bits per heavy atom. The van der Waals surface area contributed by atoms with E-state index in [1.165, 1.54) is 39.6 Å². The molecule has 8 heteroatoms. The minimum Gasteiger partial charge on any atom is -0.474 e. The number of thioether (sulfide) groups is 1. The van der Waals surface area contributed by atoms with Crippen LogP contribution in [0.4, 0.5) is 9.80 Å². The third-order valence-corrected chi connectivity index (χ3v) is 8.77. The lowest BCUT2D eigenvalue weighted by molar-refractivity contribution is 0.0132. The maximum Gasteiger partial charge on any atom is 0.410 e. The standard InChI is InChI=1S/C24H37N3O3S2/c1-6-31-13-15-7-12-18-19(15)20-21(25-14-26-22(20)32-18)29-17-10-8-16(9-11-17)27(5)23(28)30-24(2,3)4/h15-17,26H,6-14H2,1-5H3. The topological polar surface area (TPSA) is 63.2 Å². The monoisotopic (exact) mass is 479 g/mol. The van der Waals surface area contributed by atoms with Crippen LogP contribution in [0.1, 0.15) is 81.7 Å². The smallest absolute Gasteiger partial charge is 0.410 e. The van der Waals surface area contributed by atoms with Crippen molar-refractivity contribution in [2.45, 2.75) is 89.9 Å². The summed E-state index contributed by atoms with van der Waals surface area (Å²) < 4.78 is 12.1. The van der Waals surface area contributed by atoms with Crippen molar-refractivity contribution in [3.63, 3.8) is 0 Å². The number of anilines is 1. The summed E-state index contributed by atoms with van der Waals surface area (Å²) in [5.74, 6) is 3.80. The maximum absolute atomic E-state index is 12.4. The lowest BCUT2D eigenvalue weighted by atomic mass is 9.92. The first-order chi connectivity index (χ1) is 15.3. The SMILES string of the molecule is CCSCC1CCc2sc3c(c21)C(OC1CCC(N(C)C(=O)OC(C)(C)C)CC1)=NCN3. The van der Waals surface area contributed by atoms with Crippen molar-refractivity contribution in [3.8, 4) is 0 Å². The molecule has 3 aliphatic rings. The van der Waals surface area contributed by atoms with E-state index >= 15 is 0 Å². The second kappa shape index (κ2) is 9.84. The highest BCUT2D eigenvalue weighted by molar-refractivity contribution is 7.99. The number of aryl methyl sites for hydroxylation is 1. The average molecular weight is 480 g/mol. The zero-order valence-electron chi connectivity index (χ0n) is 20.0. The Hall–Kier alpha value is -1.41. The van der Waals surface area contributed by atoms with E-state index in [0.29, 0.717) is 12.6 Å². The summed E-state index contributed by atoms with van der Waals surface area (Å²) in [5.41, 5.74) is 2.27. The fourth-order valence-electron chi connectivity index (χ4n) is 4.87. The number of thiophene rings is 1. The quantitative estimate of drug-likeness (QED) is 0.573. The van der Waals surface area contributed by atoms with E-state index in [9.17, 15) is 4.79 Å². The second-order valence-corrected chi connectivity index (χ2v) is 12.4. The van der Waals surface area contributed by atoms with Crippen LogP contribution in [0, 0.1) is 0 Å². The van der Waals surface area contributed by atoms with Gasteiger partial charge >= 0.3 is 6.09 Å². The minimum absolute atomic E-state index is 0.156. The number of carbonyl (C=O) groups is 1. The van der Waals surface area contributed by atoms with Gasteiger partial charge in [0.15, 0.2) is 0 Å². The summed E-state index contributed by atoms with van der Waals surface area (Å²) >= 11 is 3.93. The molecule has 6 nitrogen and oxygen atoms in total. The molecule has 0 bridgehead atoms. The lowest BCUT2D eigenvalue weighted by Gasteiger charge is -2.36. The number of amides is 1. The summed E-state index contributed by atoms with van der Waals surface area (Å²) in [6.45, 7) is 8.54. The number of aliphatic imine (C=N–C) groups is 1. The van der Waals surface area contributed by atoms with Gasteiger partial charge in [0.2, 0.25) is 5.90 Å². The van der Waals surface area contributed by atoms with E-state index in [1.54, 1.807) is 4.90 Å². The van der Waals surface area contributed by atoms with E-state index in [2.05, 4.69) is 12.2 Å². The molecule has 178 valence electrons. The van der Waals surface area contributed by atoms with Crippen LogP contribution in [0.15, 0.2) is 4.99 Å². The predicted molar refractivity (Wildman–Crippen MR) is 135 cm³/mol. The predicted octanol–water partition coefficient (Wildman–Crippen LogP) is 5.86. The van der Waals surface area contributed by atoms with E-state index in [0.717, 1.165) is 37.3 Å². The molecule has 1 amide bonds. The molecule has 2 heterocycles. The van der Waals surface area contributed by atoms with Crippen molar-refractivity contribution in [3.05, 3.63) is 16.0 Å². The first kappa shape index (κ1) is 23.7. The summed E-state index contributed by atoms with van der Waals surface area (Å²) in [7, 11) is 1.85. The van der Waals surface area contributed by atoms with Gasteiger partial charge in [0.25, 0.3) is 0 Å². The molecule has 1 aromatic rings. The molecule has 1 N–H and O–H groups in total. The Labute approximate surface area is 200 Å². The van der Waals surface area contributed by atoms with Gasteiger partial charge in [-0.1, -0.05) is 6.92 Å². The molecule has 1 aromatic heterocycles. The largest absolute Gasteiger partial charge is 0.474 e. The van der Waals surface area contributed by atoms with Gasteiger partial charge in [-0.05, 0) is 76.5 Å². The number of carbonyl (C=O) groups excluding carboxylic acids is 1. The van der Waals surface area contributed by atoms with Gasteiger partial charge in [0.1, 0.15) is 23.4 Å². The van der Waals surface area contributed by atoms with Crippen molar-refractivity contribution in [1.82, 2.24) is 4.90 Å². The molecule has 0 saturated heterocycles. The molecule has 4 rings (SSSR count). The van der Waals surface area contributed by atoms with Gasteiger partial charge in [0.05, 0.1) is 5.56 Å². The van der Waals surface area contributed by atoms with Gasteiger partial charge in [-0.25, -0.2) is 9.79 Å². The summed E-state index contributed by atoms with van der Waals surface area (Å²) in [6, 6.07) is 0.205. The van der Waals surface area contributed by atoms with Gasteiger partial charge in [-0.3, -0.25) is 0 Å². The molecular weight excluding hydrogens is 442 g/mol. The second-order valence-electron chi connectivity index (χ2n) is 9.98. The van der Waals surface area contributed by atoms with Crippen molar-refractivity contribution >= 4 is 40.1 Å². The molecule has 0 aromatic carbocycles. The average Bonchev–Trinajstić information content (AvgIpc) is 3.30. The van der Waals surface area contributed by atoms with E-state index in [4.69, 9.17) is 14.5 Å². The summed E-state index contributed by atoms with van der Waals surface area (Å²) in [5, 5.41) is 4.72. The third-order valence-electron chi connectivity index (χ3n) is 6.50. The number of ether oxygens (including phenoxy) is 2. The number of nitrogens with zero attached hydrogens (tertiary/aromatic N) is 2. The van der Waals surface area contributed by atoms with Gasteiger partial charge in [-0.2, -0.15) is 11.8 Å². The Morgan fingerprint density at radius 1 is 1.25 bits per heavy atom. The first-order valence-electron chi connectivity index (χ1n) is 11.9. The number of hydrogen-bond acceptors (Lipinski definition) is 7. The zero-order chi connectivity index (χ0) is 22.9. The lowest BCUT2D eigenvalue weighted by Crippen LogP contribution is -2.43. The van der Waals surface area contributed by atoms with Crippen LogP contribution in [-0.4, -0.2) is 59.9 Å². The van der Waals surface area contributed by atoms with Crippen LogP contribution >= 0.6 is 23.1 Å². The van der Waals surface area contributed by atoms with E-state index in [1.807, 2.05) is 50.9 Å². The fraction of sp³-hybridized carbons (Fsp3) is 0.750. The van der Waals surface area contributed by atoms with Crippen molar-refractivity contribution < 1.29 is 14.3 Å². The molecular formula is C24H37N3O3S2. The summed E-state index contributed by atoms with van der Waals surface area (Å²) in [6.07, 6.45) is 6.06. The molecule has 1 atom stereocenters. The molecule has 1 saturated carbocycles. The summed E-state index contributed by atoms with van der Waals surface area (Å²) in [4.78, 5) is 20.5. The Morgan fingerprint density at radius 2 is 2.00 bits per heavy atom. The van der Waals surface area contributed by atoms with Crippen LogP contribution in [0.25, 0.3) is 0 Å². The van der Waals surface area contributed by atoms with Gasteiger partial charge in [-0.15, -0.1) is 11.3 Å². The highest BCUT2D eigenvalue weighted by atomic mass is 32.2. The van der Waals surface area contributed by atoms with Crippen LogP contribution in [0.2, 0.25) is 0 Å². The van der Waals surface area contributed by atoms with Crippen molar-refractivity contribution in [1.29, 1.82) is 0 Å². The minimum atomic E-state index is -0.467. The van der Waals surface area contributed by atoms with Gasteiger partial charge < -0.3 is 19.7 Å². The number of rotatable bonds is 5. The van der Waals surface area contributed by atoms with Crippen LogP contribution in [-0.2, 0) is 15.9 Å². The first-order valence-corrected chi connectivity index (χ1v) is 13.9. The Kier molecular flexibility index (Phi) is 7.30. The van der Waals surface area contributed by atoms with Gasteiger partial charge in [0, 0.05) is 23.7 Å². The molecule has 1 aliphatic heterocycles.